The average Bonchev–Trinajstić information content (AvgIpc) is 2.13. The van der Waals surface area contributed by atoms with Crippen molar-refractivity contribution in [2.45, 2.75) is 44.4 Å². The first-order valence-corrected chi connectivity index (χ1v) is 4.45. The van der Waals surface area contributed by atoms with Crippen molar-refractivity contribution >= 4 is 0 Å². The Bertz CT molecular complexity index is 173. The number of ether oxygens (including phenoxy) is 3. The molecule has 4 nitrogen and oxygen atoms in total. The topological polar surface area (TPSA) is 47.9 Å². The first-order valence-electron chi connectivity index (χ1n) is 4.45. The van der Waals surface area contributed by atoms with Crippen LogP contribution in [0.1, 0.15) is 20.3 Å². The summed E-state index contributed by atoms with van der Waals surface area (Å²) in [4.78, 5) is 0. The van der Waals surface area contributed by atoms with Crippen LogP contribution in [-0.2, 0) is 14.2 Å². The Kier molecular flexibility index (Phi) is 3.29. The normalized spacial score (nSPS) is 46.4. The molecule has 4 heteroatoms. The van der Waals surface area contributed by atoms with Gasteiger partial charge in [-0.05, 0) is 13.8 Å². The summed E-state index contributed by atoms with van der Waals surface area (Å²) < 4.78 is 15.8. The second-order valence-corrected chi connectivity index (χ2v) is 3.67. The number of aliphatic hydroxyl groups is 1. The van der Waals surface area contributed by atoms with E-state index in [1.165, 1.54) is 0 Å². The van der Waals surface area contributed by atoms with Crippen LogP contribution in [0.15, 0.2) is 0 Å². The third-order valence-corrected chi connectivity index (χ3v) is 2.74. The molecule has 0 aromatic rings. The third-order valence-electron chi connectivity index (χ3n) is 2.74. The van der Waals surface area contributed by atoms with Gasteiger partial charge in [-0.3, -0.25) is 0 Å². The van der Waals surface area contributed by atoms with Crippen molar-refractivity contribution in [1.29, 1.82) is 0 Å². The van der Waals surface area contributed by atoms with Gasteiger partial charge < -0.3 is 19.3 Å². The first kappa shape index (κ1) is 10.9. The van der Waals surface area contributed by atoms with Crippen molar-refractivity contribution in [1.82, 2.24) is 0 Å². The predicted octanol–water partition coefficient (Wildman–Crippen LogP) is 0.534. The van der Waals surface area contributed by atoms with E-state index in [-0.39, 0.29) is 12.4 Å². The minimum atomic E-state index is -0.608. The zero-order chi connectivity index (χ0) is 10.1. The monoisotopic (exact) mass is 190 g/mol. The van der Waals surface area contributed by atoms with E-state index in [4.69, 9.17) is 14.2 Å². The molecule has 0 amide bonds. The second kappa shape index (κ2) is 3.92. The summed E-state index contributed by atoms with van der Waals surface area (Å²) in [6.45, 7) is 3.68. The van der Waals surface area contributed by atoms with Crippen LogP contribution in [0.4, 0.5) is 0 Å². The summed E-state index contributed by atoms with van der Waals surface area (Å²) in [5.74, 6) is 0. The van der Waals surface area contributed by atoms with Gasteiger partial charge >= 0.3 is 0 Å². The van der Waals surface area contributed by atoms with Gasteiger partial charge in [0.2, 0.25) is 0 Å². The molecule has 0 radical (unpaired) electrons. The molecular formula is C9H18O4. The van der Waals surface area contributed by atoms with Crippen molar-refractivity contribution in [3.8, 4) is 0 Å². The van der Waals surface area contributed by atoms with Crippen LogP contribution < -0.4 is 0 Å². The molecule has 1 aliphatic rings. The Hall–Kier alpha value is -0.160. The Labute approximate surface area is 78.8 Å². The van der Waals surface area contributed by atoms with E-state index in [1.807, 2.05) is 13.8 Å². The fourth-order valence-corrected chi connectivity index (χ4v) is 1.65. The summed E-state index contributed by atoms with van der Waals surface area (Å²) in [5, 5.41) is 9.80. The zero-order valence-electron chi connectivity index (χ0n) is 8.61. The lowest BCUT2D eigenvalue weighted by Gasteiger charge is -2.43. The summed E-state index contributed by atoms with van der Waals surface area (Å²) in [5.41, 5.74) is -0.571. The van der Waals surface area contributed by atoms with Crippen LogP contribution in [0.5, 0.6) is 0 Å². The maximum Gasteiger partial charge on any atom is 0.160 e. The molecular weight excluding hydrogens is 172 g/mol. The molecule has 0 bridgehead atoms. The molecule has 1 rings (SSSR count). The van der Waals surface area contributed by atoms with Gasteiger partial charge in [-0.25, -0.2) is 0 Å². The van der Waals surface area contributed by atoms with Gasteiger partial charge in [0.05, 0.1) is 11.7 Å². The molecule has 1 fully saturated rings. The van der Waals surface area contributed by atoms with Crippen molar-refractivity contribution < 1.29 is 19.3 Å². The SMILES string of the molecule is COC1C[C@@](C)(OC)[C@@H](O)[C@H](C)O1. The molecule has 0 spiro atoms. The maximum absolute atomic E-state index is 9.80. The number of hydrogen-bond donors (Lipinski definition) is 1. The largest absolute Gasteiger partial charge is 0.387 e. The van der Waals surface area contributed by atoms with Crippen molar-refractivity contribution in [3.05, 3.63) is 0 Å². The predicted molar refractivity (Wildman–Crippen MR) is 47.4 cm³/mol. The average molecular weight is 190 g/mol. The van der Waals surface area contributed by atoms with Crippen LogP contribution in [0.3, 0.4) is 0 Å². The van der Waals surface area contributed by atoms with Gasteiger partial charge in [-0.2, -0.15) is 0 Å². The highest BCUT2D eigenvalue weighted by molar-refractivity contribution is 4.92. The maximum atomic E-state index is 9.80. The van der Waals surface area contributed by atoms with Gasteiger partial charge in [0, 0.05) is 20.6 Å². The smallest absolute Gasteiger partial charge is 0.160 e. The lowest BCUT2D eigenvalue weighted by molar-refractivity contribution is -0.271. The van der Waals surface area contributed by atoms with E-state index >= 15 is 0 Å². The van der Waals surface area contributed by atoms with Crippen LogP contribution in [-0.4, -0.2) is 43.4 Å². The molecule has 0 saturated carbocycles. The standard InChI is InChI=1S/C9H18O4/c1-6-8(10)9(2,12-4)5-7(11-3)13-6/h6-8,10H,5H2,1-4H3/t6-,7?,8-,9+/m0/s1. The Morgan fingerprint density at radius 2 is 2.08 bits per heavy atom. The molecule has 1 N–H and O–H groups in total. The molecule has 0 aliphatic carbocycles. The molecule has 1 heterocycles. The van der Waals surface area contributed by atoms with Crippen LogP contribution in [0.2, 0.25) is 0 Å². The second-order valence-electron chi connectivity index (χ2n) is 3.67. The summed E-state index contributed by atoms with van der Waals surface area (Å²) >= 11 is 0. The highest BCUT2D eigenvalue weighted by Crippen LogP contribution is 2.31. The van der Waals surface area contributed by atoms with Gasteiger partial charge in [0.25, 0.3) is 0 Å². The van der Waals surface area contributed by atoms with E-state index in [0.29, 0.717) is 6.42 Å². The highest BCUT2D eigenvalue weighted by Gasteiger charge is 2.44. The Balaban J connectivity index is 2.71. The van der Waals surface area contributed by atoms with E-state index < -0.39 is 11.7 Å². The fraction of sp³-hybridized carbons (Fsp3) is 1.00. The van der Waals surface area contributed by atoms with Crippen LogP contribution in [0, 0.1) is 0 Å². The quantitative estimate of drug-likeness (QED) is 0.690. The molecule has 4 atom stereocenters. The molecule has 78 valence electrons. The molecule has 0 aromatic heterocycles. The number of methoxy groups -OCH3 is 2. The molecule has 1 aliphatic heterocycles. The van der Waals surface area contributed by atoms with Gasteiger partial charge in [-0.1, -0.05) is 0 Å². The number of hydrogen-bond acceptors (Lipinski definition) is 4. The summed E-state index contributed by atoms with van der Waals surface area (Å²) in [7, 11) is 3.18. The van der Waals surface area contributed by atoms with E-state index in [1.54, 1.807) is 14.2 Å². The van der Waals surface area contributed by atoms with Gasteiger partial charge in [0.1, 0.15) is 6.10 Å². The summed E-state index contributed by atoms with van der Waals surface area (Å²) in [6.07, 6.45) is -0.609. The van der Waals surface area contributed by atoms with Gasteiger partial charge in [-0.15, -0.1) is 0 Å². The first-order chi connectivity index (χ1) is 6.03. The number of rotatable bonds is 2. The minimum Gasteiger partial charge on any atom is -0.387 e. The van der Waals surface area contributed by atoms with E-state index in [9.17, 15) is 5.11 Å². The molecule has 1 unspecified atom stereocenters. The zero-order valence-corrected chi connectivity index (χ0v) is 8.61. The van der Waals surface area contributed by atoms with Crippen molar-refractivity contribution in [2.75, 3.05) is 14.2 Å². The lowest BCUT2D eigenvalue weighted by atomic mass is 9.88. The van der Waals surface area contributed by atoms with Crippen molar-refractivity contribution in [2.24, 2.45) is 0 Å². The highest BCUT2D eigenvalue weighted by atomic mass is 16.7. The number of aliphatic hydroxyl groups excluding tert-OH is 1. The fourth-order valence-electron chi connectivity index (χ4n) is 1.65. The van der Waals surface area contributed by atoms with E-state index in [0.717, 1.165) is 0 Å². The Morgan fingerprint density at radius 3 is 2.54 bits per heavy atom. The van der Waals surface area contributed by atoms with Crippen LogP contribution in [0.25, 0.3) is 0 Å². The van der Waals surface area contributed by atoms with Crippen LogP contribution >= 0.6 is 0 Å². The van der Waals surface area contributed by atoms with E-state index in [2.05, 4.69) is 0 Å². The molecule has 0 aromatic carbocycles. The van der Waals surface area contributed by atoms with Gasteiger partial charge in [0.15, 0.2) is 6.29 Å². The molecule has 1 saturated heterocycles. The lowest BCUT2D eigenvalue weighted by Crippen LogP contribution is -2.56. The third kappa shape index (κ3) is 2.02. The Morgan fingerprint density at radius 1 is 1.46 bits per heavy atom. The minimum absolute atomic E-state index is 0.261. The van der Waals surface area contributed by atoms with Crippen molar-refractivity contribution in [3.63, 3.8) is 0 Å². The summed E-state index contributed by atoms with van der Waals surface area (Å²) in [6, 6.07) is 0. The molecule has 13 heavy (non-hydrogen) atoms.